The maximum Gasteiger partial charge on any atom is 0.272 e. The van der Waals surface area contributed by atoms with E-state index in [0.29, 0.717) is 23.4 Å². The number of carbonyl (C=O) groups is 1. The van der Waals surface area contributed by atoms with Crippen LogP contribution in [0.15, 0.2) is 20.7 Å². The molecule has 1 aliphatic carbocycles. The zero-order valence-electron chi connectivity index (χ0n) is 15.6. The molecule has 8 atom stereocenters. The molecule has 2 spiro atoms. The van der Waals surface area contributed by atoms with Gasteiger partial charge >= 0.3 is 0 Å². The van der Waals surface area contributed by atoms with Crippen molar-refractivity contribution in [3.63, 3.8) is 0 Å². The number of H-pyrrole nitrogens is 1. The molecule has 30 heavy (non-hydrogen) atoms. The molecule has 0 aromatic carbocycles. The third-order valence-corrected chi connectivity index (χ3v) is 8.64. The third-order valence-electron chi connectivity index (χ3n) is 7.53. The molecule has 5 aliphatic rings. The number of nitrogens with one attached hydrogen (secondary N) is 3. The number of aromatic nitrogens is 1. The number of aliphatic imine (C=N–C) groups is 2. The number of halogens is 2. The summed E-state index contributed by atoms with van der Waals surface area (Å²) in [5.41, 5.74) is 17.3. The van der Waals surface area contributed by atoms with Crippen LogP contribution in [0.4, 0.5) is 0 Å². The minimum Gasteiger partial charge on any atom is -0.370 e. The fourth-order valence-corrected chi connectivity index (χ4v) is 7.67. The highest BCUT2D eigenvalue weighted by Gasteiger charge is 2.78. The Kier molecular flexibility index (Phi) is 3.50. The van der Waals surface area contributed by atoms with Crippen LogP contribution in [-0.4, -0.2) is 68.7 Å². The minimum atomic E-state index is -1.20. The first-order valence-electron chi connectivity index (χ1n) is 9.71. The Morgan fingerprint density at radius 2 is 2.07 bits per heavy atom. The highest BCUT2D eigenvalue weighted by atomic mass is 79.9. The van der Waals surface area contributed by atoms with Gasteiger partial charge in [0.1, 0.15) is 22.9 Å². The quantitative estimate of drug-likeness (QED) is 0.225. The first kappa shape index (κ1) is 18.7. The van der Waals surface area contributed by atoms with Crippen molar-refractivity contribution in [3.05, 3.63) is 21.9 Å². The largest absolute Gasteiger partial charge is 0.370 e. The summed E-state index contributed by atoms with van der Waals surface area (Å²) in [7, 11) is 0. The van der Waals surface area contributed by atoms with Gasteiger partial charge in [-0.3, -0.25) is 4.79 Å². The molecule has 0 bridgehead atoms. The van der Waals surface area contributed by atoms with Crippen LogP contribution < -0.4 is 27.8 Å². The number of nitrogens with two attached hydrogens (primary N) is 3. The Hall–Kier alpha value is -2.02. The van der Waals surface area contributed by atoms with E-state index in [2.05, 4.69) is 41.5 Å². The van der Waals surface area contributed by atoms with Crippen LogP contribution in [0.3, 0.4) is 0 Å². The number of rotatable bonds is 1. The average Bonchev–Trinajstić information content (AvgIpc) is 3.42. The van der Waals surface area contributed by atoms with E-state index in [4.69, 9.17) is 28.8 Å². The Bertz CT molecular complexity index is 1040. The Balaban J connectivity index is 1.60. The van der Waals surface area contributed by atoms with Crippen LogP contribution in [0, 0.1) is 17.8 Å². The summed E-state index contributed by atoms with van der Waals surface area (Å²) in [5, 5.41) is 17.0. The molecular formula is C17H21BrClN9O2. The maximum atomic E-state index is 13.6. The zero-order valence-corrected chi connectivity index (χ0v) is 18.0. The number of hydrogen-bond acceptors (Lipinski definition) is 9. The number of nitrogens with zero attached hydrogens (tertiary/aromatic N) is 3. The van der Waals surface area contributed by atoms with Gasteiger partial charge in [0.05, 0.1) is 9.98 Å². The maximum absolute atomic E-state index is 13.6. The average molecular weight is 499 g/mol. The molecule has 6 rings (SSSR count). The van der Waals surface area contributed by atoms with E-state index in [9.17, 15) is 9.90 Å². The van der Waals surface area contributed by atoms with Crippen LogP contribution in [0.25, 0.3) is 0 Å². The lowest BCUT2D eigenvalue weighted by Gasteiger charge is -2.50. The zero-order chi connectivity index (χ0) is 21.2. The number of hydrogen-bond donors (Lipinski definition) is 7. The van der Waals surface area contributed by atoms with E-state index in [1.54, 1.807) is 4.90 Å². The highest BCUT2D eigenvalue weighted by molar-refractivity contribution is 9.10. The number of alkyl halides is 1. The second-order valence-electron chi connectivity index (χ2n) is 8.62. The minimum absolute atomic E-state index is 0.107. The van der Waals surface area contributed by atoms with Crippen LogP contribution in [0.5, 0.6) is 0 Å². The van der Waals surface area contributed by atoms with Gasteiger partial charge in [-0.15, -0.1) is 11.6 Å². The third kappa shape index (κ3) is 1.84. The summed E-state index contributed by atoms with van der Waals surface area (Å²) >= 11 is 10.4. The summed E-state index contributed by atoms with van der Waals surface area (Å²) < 4.78 is 0.678. The molecular weight excluding hydrogens is 478 g/mol. The van der Waals surface area contributed by atoms with Crippen LogP contribution >= 0.6 is 27.5 Å². The Morgan fingerprint density at radius 3 is 2.73 bits per heavy atom. The van der Waals surface area contributed by atoms with E-state index in [0.717, 1.165) is 5.56 Å². The fraction of sp³-hybridized carbons (Fsp3) is 0.588. The van der Waals surface area contributed by atoms with Gasteiger partial charge in [0, 0.05) is 18.0 Å². The van der Waals surface area contributed by atoms with Gasteiger partial charge in [0.2, 0.25) is 0 Å². The van der Waals surface area contributed by atoms with Crippen molar-refractivity contribution >= 4 is 45.4 Å². The summed E-state index contributed by atoms with van der Waals surface area (Å²) in [6.07, 6.45) is -1.20. The highest BCUT2D eigenvalue weighted by Crippen LogP contribution is 2.64. The summed E-state index contributed by atoms with van der Waals surface area (Å²) in [6, 6.07) is 1.35. The summed E-state index contributed by atoms with van der Waals surface area (Å²) in [5.74, 6) is -0.536. The molecule has 1 amide bonds. The molecule has 0 unspecified atom stereocenters. The molecule has 1 saturated carbocycles. The van der Waals surface area contributed by atoms with E-state index in [1.807, 2.05) is 6.07 Å². The van der Waals surface area contributed by atoms with Crippen molar-refractivity contribution in [2.45, 2.75) is 28.8 Å². The molecule has 13 heteroatoms. The van der Waals surface area contributed by atoms with E-state index in [1.165, 1.54) is 0 Å². The van der Waals surface area contributed by atoms with Gasteiger partial charge in [0.25, 0.3) is 5.91 Å². The second-order valence-corrected chi connectivity index (χ2v) is 9.94. The number of aliphatic hydroxyl groups is 1. The molecule has 4 aliphatic heterocycles. The Morgan fingerprint density at radius 1 is 1.33 bits per heavy atom. The van der Waals surface area contributed by atoms with Crippen molar-refractivity contribution in [2.24, 2.45) is 44.9 Å². The molecule has 1 aromatic rings. The first-order valence-corrected chi connectivity index (χ1v) is 10.9. The molecule has 1 aromatic heterocycles. The normalized spacial score (nSPS) is 45.5. The lowest BCUT2D eigenvalue weighted by Crippen LogP contribution is -2.73. The number of fused-ring (bicyclic) bond motifs is 4. The van der Waals surface area contributed by atoms with E-state index in [-0.39, 0.29) is 29.7 Å². The predicted octanol–water partition coefficient (Wildman–Crippen LogP) is -1.69. The van der Waals surface area contributed by atoms with Gasteiger partial charge in [-0.05, 0) is 40.4 Å². The van der Waals surface area contributed by atoms with Crippen molar-refractivity contribution in [1.82, 2.24) is 20.5 Å². The molecule has 2 fully saturated rings. The van der Waals surface area contributed by atoms with E-state index < -0.39 is 34.8 Å². The molecule has 0 radical (unpaired) electrons. The standard InChI is InChI=1S/C17H21BrClN9O2/c18-7-1-4-8(23-7)12(29)28-3-6-5(2-20)10(19)16(13(30)25-15(22)26-16)9(6)17(28)11(4)24-14(21)27-17/h1,5-6,9-11,13,23,30H,2-3,20H2,(H3,21,24,27)(H3,22,25,26)/t5-,6+,9+,10-,11+,13+,16+,17-/m0/s1. The van der Waals surface area contributed by atoms with Gasteiger partial charge in [-0.1, -0.05) is 0 Å². The molecule has 5 heterocycles. The SMILES string of the molecule is NC[C@H]1[C@H]2CN3C(=O)c4[nH]c(Br)cc4[C@H]4N=C(N)N[C@]43[C@H]2[C@@]2(NC(N)=N[C@@H]2O)[C@H]1Cl. The van der Waals surface area contributed by atoms with Gasteiger partial charge in [0.15, 0.2) is 18.1 Å². The van der Waals surface area contributed by atoms with Crippen molar-refractivity contribution in [1.29, 1.82) is 0 Å². The molecule has 1 saturated heterocycles. The topological polar surface area (TPSA) is 183 Å². The predicted molar refractivity (Wildman–Crippen MR) is 112 cm³/mol. The molecule has 10 N–H and O–H groups in total. The Labute approximate surface area is 184 Å². The van der Waals surface area contributed by atoms with Gasteiger partial charge in [-0.2, -0.15) is 0 Å². The number of guanidine groups is 2. The lowest BCUT2D eigenvalue weighted by molar-refractivity contribution is -0.0123. The van der Waals surface area contributed by atoms with Crippen molar-refractivity contribution in [2.75, 3.05) is 13.1 Å². The number of carbonyl (C=O) groups excluding carboxylic acids is 1. The smallest absolute Gasteiger partial charge is 0.272 e. The lowest BCUT2D eigenvalue weighted by atomic mass is 9.70. The van der Waals surface area contributed by atoms with Crippen molar-refractivity contribution < 1.29 is 9.90 Å². The summed E-state index contributed by atoms with van der Waals surface area (Å²) in [4.78, 5) is 27.2. The number of aliphatic hydroxyl groups excluding tert-OH is 1. The monoisotopic (exact) mass is 497 g/mol. The molecule has 11 nitrogen and oxygen atoms in total. The number of amides is 1. The number of aromatic amines is 1. The van der Waals surface area contributed by atoms with Gasteiger partial charge in [-0.25, -0.2) is 9.98 Å². The van der Waals surface area contributed by atoms with E-state index >= 15 is 0 Å². The van der Waals surface area contributed by atoms with Gasteiger partial charge < -0.3 is 42.8 Å². The second kappa shape index (κ2) is 5.61. The molecule has 160 valence electrons. The van der Waals surface area contributed by atoms with Crippen LogP contribution in [0.1, 0.15) is 22.1 Å². The van der Waals surface area contributed by atoms with Crippen LogP contribution in [0.2, 0.25) is 0 Å². The fourth-order valence-electron chi connectivity index (χ4n) is 6.63. The summed E-state index contributed by atoms with van der Waals surface area (Å²) in [6.45, 7) is 0.689. The van der Waals surface area contributed by atoms with Crippen molar-refractivity contribution in [3.8, 4) is 0 Å². The van der Waals surface area contributed by atoms with Crippen LogP contribution in [-0.2, 0) is 0 Å². The first-order chi connectivity index (χ1) is 14.3.